The van der Waals surface area contributed by atoms with Crippen molar-refractivity contribution >= 4 is 10.0 Å². The summed E-state index contributed by atoms with van der Waals surface area (Å²) in [6.45, 7) is -1.23. The lowest BCUT2D eigenvalue weighted by Crippen LogP contribution is -2.38. The van der Waals surface area contributed by atoms with Crippen molar-refractivity contribution in [2.24, 2.45) is 0 Å². The molecule has 0 radical (unpaired) electrons. The highest BCUT2D eigenvalue weighted by Gasteiger charge is 2.42. The molecule has 1 aromatic carbocycles. The number of halogens is 3. The predicted octanol–water partition coefficient (Wildman–Crippen LogP) is 0.930. The number of hydrogen-bond acceptors (Lipinski definition) is 4. The second kappa shape index (κ2) is 5.63. The van der Waals surface area contributed by atoms with Crippen LogP contribution in [-0.2, 0) is 10.0 Å². The fraction of sp³-hybridized carbons (Fsp3) is 0.417. The van der Waals surface area contributed by atoms with Gasteiger partial charge in [-0.15, -0.1) is 0 Å². The summed E-state index contributed by atoms with van der Waals surface area (Å²) in [5.74, 6) is -2.85. The molecule has 9 heteroatoms. The first kappa shape index (κ1) is 15.8. The largest absolute Gasteiger partial charge is 0.395 e. The Labute approximate surface area is 119 Å². The van der Waals surface area contributed by atoms with Crippen LogP contribution in [0.15, 0.2) is 17.0 Å². The van der Waals surface area contributed by atoms with E-state index in [-0.39, 0.29) is 12.0 Å². The van der Waals surface area contributed by atoms with Crippen molar-refractivity contribution in [2.75, 3.05) is 13.2 Å². The highest BCUT2D eigenvalue weighted by atomic mass is 32.2. The van der Waals surface area contributed by atoms with Crippen LogP contribution < -0.4 is 0 Å². The standard InChI is InChI=1S/C12H11F3N2O3S/c13-8-3-9(6-18)17(5-8)21(19,20)12-10(14)1-7(4-16)2-11(12)15/h1-2,8-9,18H,3,5-6H2/t8-,9-/m0/s1. The van der Waals surface area contributed by atoms with Crippen LogP contribution in [0, 0.1) is 23.0 Å². The van der Waals surface area contributed by atoms with Crippen molar-refractivity contribution in [3.05, 3.63) is 29.3 Å². The molecule has 2 atom stereocenters. The van der Waals surface area contributed by atoms with Gasteiger partial charge in [-0.2, -0.15) is 9.57 Å². The third-order valence-corrected chi connectivity index (χ3v) is 5.19. The minimum absolute atomic E-state index is 0.241. The summed E-state index contributed by atoms with van der Waals surface area (Å²) in [7, 11) is -4.65. The van der Waals surface area contributed by atoms with E-state index >= 15 is 0 Å². The van der Waals surface area contributed by atoms with Crippen LogP contribution in [0.25, 0.3) is 0 Å². The number of aliphatic hydroxyl groups is 1. The molecule has 0 saturated carbocycles. The maximum atomic E-state index is 13.8. The van der Waals surface area contributed by atoms with Gasteiger partial charge >= 0.3 is 0 Å². The molecular weight excluding hydrogens is 309 g/mol. The van der Waals surface area contributed by atoms with Gasteiger partial charge in [0.05, 0.1) is 24.3 Å². The lowest BCUT2D eigenvalue weighted by Gasteiger charge is -2.22. The monoisotopic (exact) mass is 320 g/mol. The van der Waals surface area contributed by atoms with Gasteiger partial charge in [0.2, 0.25) is 10.0 Å². The first-order chi connectivity index (χ1) is 9.81. The molecule has 1 aliphatic heterocycles. The molecule has 5 nitrogen and oxygen atoms in total. The van der Waals surface area contributed by atoms with Crippen molar-refractivity contribution in [1.82, 2.24) is 4.31 Å². The molecule has 1 saturated heterocycles. The Bertz CT molecular complexity index is 679. The Morgan fingerprint density at radius 2 is 1.95 bits per heavy atom. The average Bonchev–Trinajstić information content (AvgIpc) is 2.79. The minimum atomic E-state index is -4.65. The van der Waals surface area contributed by atoms with Crippen LogP contribution in [0.5, 0.6) is 0 Å². The molecule has 1 aliphatic rings. The molecule has 2 rings (SSSR count). The predicted molar refractivity (Wildman–Crippen MR) is 65.4 cm³/mol. The van der Waals surface area contributed by atoms with Gasteiger partial charge in [0, 0.05) is 6.54 Å². The fourth-order valence-electron chi connectivity index (χ4n) is 2.28. The number of aliphatic hydroxyl groups excluding tert-OH is 1. The van der Waals surface area contributed by atoms with Gasteiger partial charge in [0.1, 0.15) is 17.8 Å². The maximum absolute atomic E-state index is 13.8. The topological polar surface area (TPSA) is 81.4 Å². The summed E-state index contributed by atoms with van der Waals surface area (Å²) in [6, 6.07) is 1.61. The summed E-state index contributed by atoms with van der Waals surface area (Å²) < 4.78 is 66.1. The third-order valence-electron chi connectivity index (χ3n) is 3.22. The lowest BCUT2D eigenvalue weighted by atomic mass is 10.2. The number of alkyl halides is 1. The van der Waals surface area contributed by atoms with Gasteiger partial charge < -0.3 is 5.11 Å². The number of benzene rings is 1. The molecule has 1 N–H and O–H groups in total. The Balaban J connectivity index is 2.53. The van der Waals surface area contributed by atoms with Gasteiger partial charge in [0.15, 0.2) is 4.90 Å². The highest BCUT2D eigenvalue weighted by molar-refractivity contribution is 7.89. The van der Waals surface area contributed by atoms with Crippen LogP contribution in [0.1, 0.15) is 12.0 Å². The summed E-state index contributed by atoms with van der Waals surface area (Å²) in [6.07, 6.45) is -1.75. The molecule has 0 amide bonds. The van der Waals surface area contributed by atoms with E-state index in [4.69, 9.17) is 10.4 Å². The Hall–Kier alpha value is -1.63. The Morgan fingerprint density at radius 3 is 2.43 bits per heavy atom. The molecule has 1 fully saturated rings. The summed E-state index contributed by atoms with van der Waals surface area (Å²) in [5.41, 5.74) is -0.368. The first-order valence-electron chi connectivity index (χ1n) is 5.97. The van der Waals surface area contributed by atoms with E-state index in [1.165, 1.54) is 6.07 Å². The summed E-state index contributed by atoms with van der Waals surface area (Å²) >= 11 is 0. The van der Waals surface area contributed by atoms with Crippen molar-refractivity contribution in [2.45, 2.75) is 23.5 Å². The number of hydrogen-bond donors (Lipinski definition) is 1. The quantitative estimate of drug-likeness (QED) is 0.898. The SMILES string of the molecule is N#Cc1cc(F)c(S(=O)(=O)N2C[C@@H](F)C[C@H]2CO)c(F)c1. The molecule has 0 bridgehead atoms. The molecule has 1 heterocycles. The first-order valence-corrected chi connectivity index (χ1v) is 7.41. The molecule has 0 aliphatic carbocycles. The molecule has 21 heavy (non-hydrogen) atoms. The molecule has 1 aromatic rings. The number of nitriles is 1. The highest BCUT2D eigenvalue weighted by Crippen LogP contribution is 2.30. The molecule has 0 spiro atoms. The molecule has 114 valence electrons. The van der Waals surface area contributed by atoms with Crippen LogP contribution in [-0.4, -0.2) is 43.2 Å². The maximum Gasteiger partial charge on any atom is 0.249 e. The van der Waals surface area contributed by atoms with Crippen molar-refractivity contribution in [3.8, 4) is 6.07 Å². The fourth-order valence-corrected chi connectivity index (χ4v) is 4.03. The molecule has 0 unspecified atom stereocenters. The second-order valence-corrected chi connectivity index (χ2v) is 6.45. The van der Waals surface area contributed by atoms with Gasteiger partial charge in [0.25, 0.3) is 0 Å². The average molecular weight is 320 g/mol. The second-order valence-electron chi connectivity index (χ2n) is 4.62. The van der Waals surface area contributed by atoms with Crippen LogP contribution >= 0.6 is 0 Å². The zero-order chi connectivity index (χ0) is 15.8. The van der Waals surface area contributed by atoms with E-state index in [1.807, 2.05) is 0 Å². The third kappa shape index (κ3) is 2.74. The van der Waals surface area contributed by atoms with E-state index in [9.17, 15) is 21.6 Å². The summed E-state index contributed by atoms with van der Waals surface area (Å²) in [5, 5.41) is 17.7. The van der Waals surface area contributed by atoms with Gasteiger partial charge in [-0.1, -0.05) is 0 Å². The van der Waals surface area contributed by atoms with Gasteiger partial charge in [-0.25, -0.2) is 21.6 Å². The van der Waals surface area contributed by atoms with E-state index in [0.29, 0.717) is 16.4 Å². The number of sulfonamides is 1. The molecular formula is C12H11F3N2O3S. The zero-order valence-electron chi connectivity index (χ0n) is 10.6. The van der Waals surface area contributed by atoms with Crippen molar-refractivity contribution < 1.29 is 26.7 Å². The van der Waals surface area contributed by atoms with E-state index < -0.39 is 51.9 Å². The smallest absolute Gasteiger partial charge is 0.249 e. The number of rotatable bonds is 3. The molecule has 0 aromatic heterocycles. The zero-order valence-corrected chi connectivity index (χ0v) is 11.4. The lowest BCUT2D eigenvalue weighted by molar-refractivity contribution is 0.212. The Kier molecular flexibility index (Phi) is 4.22. The summed E-state index contributed by atoms with van der Waals surface area (Å²) in [4.78, 5) is -1.24. The Morgan fingerprint density at radius 1 is 1.38 bits per heavy atom. The van der Waals surface area contributed by atoms with Crippen molar-refractivity contribution in [3.63, 3.8) is 0 Å². The minimum Gasteiger partial charge on any atom is -0.395 e. The van der Waals surface area contributed by atoms with E-state index in [1.54, 1.807) is 0 Å². The van der Waals surface area contributed by atoms with Crippen molar-refractivity contribution in [1.29, 1.82) is 5.26 Å². The normalized spacial score (nSPS) is 23.2. The van der Waals surface area contributed by atoms with Gasteiger partial charge in [-0.05, 0) is 18.6 Å². The van der Waals surface area contributed by atoms with Crippen LogP contribution in [0.3, 0.4) is 0 Å². The van der Waals surface area contributed by atoms with Gasteiger partial charge in [-0.3, -0.25) is 0 Å². The van der Waals surface area contributed by atoms with E-state index in [0.717, 1.165) is 0 Å². The van der Waals surface area contributed by atoms with E-state index in [2.05, 4.69) is 0 Å². The number of nitrogens with zero attached hydrogens (tertiary/aromatic N) is 2. The van der Waals surface area contributed by atoms with Crippen LogP contribution in [0.2, 0.25) is 0 Å². The van der Waals surface area contributed by atoms with Crippen LogP contribution in [0.4, 0.5) is 13.2 Å².